The molecule has 3 heteroatoms. The summed E-state index contributed by atoms with van der Waals surface area (Å²) < 4.78 is 5.45. The summed E-state index contributed by atoms with van der Waals surface area (Å²) in [6, 6.07) is 9.99. The topological polar surface area (TPSA) is 46.5 Å². The van der Waals surface area contributed by atoms with E-state index in [-0.39, 0.29) is 18.4 Å². The van der Waals surface area contributed by atoms with Gasteiger partial charge in [-0.2, -0.15) is 0 Å². The van der Waals surface area contributed by atoms with Crippen LogP contribution in [0, 0.1) is 0 Å². The smallest absolute Gasteiger partial charge is 0.306 e. The van der Waals surface area contributed by atoms with Crippen LogP contribution in [-0.2, 0) is 9.53 Å². The van der Waals surface area contributed by atoms with E-state index in [1.165, 1.54) is 5.56 Å². The Labute approximate surface area is 88.7 Å². The number of benzene rings is 1. The quantitative estimate of drug-likeness (QED) is 0.823. The number of ether oxygens (including phenoxy) is 1. The molecule has 0 spiro atoms. The SMILES string of the molecule is O=C(O)C[C@@H]1OCC[C@@H]1c1ccccc1. The lowest BCUT2D eigenvalue weighted by Gasteiger charge is -2.16. The van der Waals surface area contributed by atoms with E-state index in [1.54, 1.807) is 0 Å². The van der Waals surface area contributed by atoms with Crippen LogP contribution in [0.15, 0.2) is 30.3 Å². The van der Waals surface area contributed by atoms with Gasteiger partial charge in [0.25, 0.3) is 0 Å². The minimum absolute atomic E-state index is 0.0968. The van der Waals surface area contributed by atoms with Gasteiger partial charge in [0.05, 0.1) is 12.5 Å². The highest BCUT2D eigenvalue weighted by atomic mass is 16.5. The molecule has 0 bridgehead atoms. The van der Waals surface area contributed by atoms with E-state index in [0.29, 0.717) is 6.61 Å². The van der Waals surface area contributed by atoms with Crippen LogP contribution in [0.1, 0.15) is 24.3 Å². The Kier molecular flexibility index (Phi) is 3.02. The molecule has 0 saturated carbocycles. The zero-order chi connectivity index (χ0) is 10.7. The summed E-state index contributed by atoms with van der Waals surface area (Å²) in [5, 5.41) is 8.76. The fourth-order valence-corrected chi connectivity index (χ4v) is 2.10. The van der Waals surface area contributed by atoms with Crippen LogP contribution in [0.4, 0.5) is 0 Å². The van der Waals surface area contributed by atoms with Gasteiger partial charge in [0, 0.05) is 12.5 Å². The Bertz CT molecular complexity index is 334. The van der Waals surface area contributed by atoms with Crippen LogP contribution in [-0.4, -0.2) is 23.8 Å². The first kappa shape index (κ1) is 10.2. The Morgan fingerprint density at radius 2 is 2.13 bits per heavy atom. The number of hydrogen-bond acceptors (Lipinski definition) is 2. The first-order valence-corrected chi connectivity index (χ1v) is 5.15. The number of carboxylic acids is 1. The summed E-state index contributed by atoms with van der Waals surface area (Å²) in [6.07, 6.45) is 0.853. The second kappa shape index (κ2) is 4.45. The lowest BCUT2D eigenvalue weighted by Crippen LogP contribution is -2.18. The monoisotopic (exact) mass is 206 g/mol. The molecule has 1 aromatic rings. The second-order valence-electron chi connectivity index (χ2n) is 3.81. The fraction of sp³-hybridized carbons (Fsp3) is 0.417. The number of aliphatic carboxylic acids is 1. The molecular formula is C12H14O3. The number of carboxylic acid groups (broad SMARTS) is 1. The molecule has 1 N–H and O–H groups in total. The minimum Gasteiger partial charge on any atom is -0.481 e. The van der Waals surface area contributed by atoms with E-state index in [2.05, 4.69) is 0 Å². The van der Waals surface area contributed by atoms with Crippen molar-refractivity contribution in [1.29, 1.82) is 0 Å². The minimum atomic E-state index is -0.789. The molecule has 1 heterocycles. The predicted octanol–water partition coefficient (Wildman–Crippen LogP) is 2.03. The molecule has 0 aliphatic carbocycles. The Hall–Kier alpha value is -1.35. The highest BCUT2D eigenvalue weighted by molar-refractivity contribution is 5.67. The fourth-order valence-electron chi connectivity index (χ4n) is 2.10. The Morgan fingerprint density at radius 1 is 1.40 bits per heavy atom. The zero-order valence-electron chi connectivity index (χ0n) is 8.43. The molecular weight excluding hydrogens is 192 g/mol. The molecule has 1 fully saturated rings. The Morgan fingerprint density at radius 3 is 2.80 bits per heavy atom. The summed E-state index contributed by atoms with van der Waals surface area (Å²) in [5.41, 5.74) is 1.18. The van der Waals surface area contributed by atoms with E-state index in [9.17, 15) is 4.79 Å². The average Bonchev–Trinajstić information content (AvgIpc) is 2.66. The van der Waals surface area contributed by atoms with Gasteiger partial charge >= 0.3 is 5.97 Å². The standard InChI is InChI=1S/C12H14O3/c13-12(14)8-11-10(6-7-15-11)9-4-2-1-3-5-9/h1-5,10-11H,6-8H2,(H,13,14)/t10-,11+/m1/s1. The maximum atomic E-state index is 10.7. The molecule has 1 aliphatic heterocycles. The van der Waals surface area contributed by atoms with Gasteiger partial charge in [0.15, 0.2) is 0 Å². The molecule has 15 heavy (non-hydrogen) atoms. The van der Waals surface area contributed by atoms with Gasteiger partial charge in [-0.05, 0) is 12.0 Å². The van der Waals surface area contributed by atoms with Crippen molar-refractivity contribution in [1.82, 2.24) is 0 Å². The molecule has 0 radical (unpaired) electrons. The third kappa shape index (κ3) is 2.36. The summed E-state index contributed by atoms with van der Waals surface area (Å²) in [7, 11) is 0. The van der Waals surface area contributed by atoms with Crippen LogP contribution in [0.25, 0.3) is 0 Å². The van der Waals surface area contributed by atoms with E-state index < -0.39 is 5.97 Å². The lowest BCUT2D eigenvalue weighted by molar-refractivity contribution is -0.139. The van der Waals surface area contributed by atoms with Crippen LogP contribution in [0.5, 0.6) is 0 Å². The molecule has 1 aliphatic rings. The first-order chi connectivity index (χ1) is 7.27. The van der Waals surface area contributed by atoms with Gasteiger partial charge in [0.1, 0.15) is 0 Å². The van der Waals surface area contributed by atoms with Gasteiger partial charge in [-0.3, -0.25) is 4.79 Å². The molecule has 3 nitrogen and oxygen atoms in total. The van der Waals surface area contributed by atoms with Crippen molar-refractivity contribution in [2.45, 2.75) is 24.9 Å². The third-order valence-corrected chi connectivity index (χ3v) is 2.81. The molecule has 0 amide bonds. The summed E-state index contributed by atoms with van der Waals surface area (Å²) in [5.74, 6) is -0.551. The van der Waals surface area contributed by atoms with Crippen molar-refractivity contribution < 1.29 is 14.6 Å². The molecule has 1 saturated heterocycles. The number of carbonyl (C=O) groups is 1. The average molecular weight is 206 g/mol. The van der Waals surface area contributed by atoms with Crippen molar-refractivity contribution >= 4 is 5.97 Å². The summed E-state index contributed by atoms with van der Waals surface area (Å²) >= 11 is 0. The van der Waals surface area contributed by atoms with Crippen LogP contribution >= 0.6 is 0 Å². The maximum Gasteiger partial charge on any atom is 0.306 e. The first-order valence-electron chi connectivity index (χ1n) is 5.15. The zero-order valence-corrected chi connectivity index (χ0v) is 8.43. The summed E-state index contributed by atoms with van der Waals surface area (Å²) in [6.45, 7) is 0.664. The van der Waals surface area contributed by atoms with E-state index in [4.69, 9.17) is 9.84 Å². The van der Waals surface area contributed by atoms with Gasteiger partial charge in [-0.15, -0.1) is 0 Å². The van der Waals surface area contributed by atoms with Gasteiger partial charge in [0.2, 0.25) is 0 Å². The van der Waals surface area contributed by atoms with E-state index >= 15 is 0 Å². The third-order valence-electron chi connectivity index (χ3n) is 2.81. The Balaban J connectivity index is 2.11. The van der Waals surface area contributed by atoms with Gasteiger partial charge in [-0.25, -0.2) is 0 Å². The van der Waals surface area contributed by atoms with Crippen molar-refractivity contribution in [3.63, 3.8) is 0 Å². The van der Waals surface area contributed by atoms with Crippen molar-refractivity contribution in [2.75, 3.05) is 6.61 Å². The molecule has 80 valence electrons. The predicted molar refractivity (Wildman–Crippen MR) is 55.8 cm³/mol. The van der Waals surface area contributed by atoms with Crippen molar-refractivity contribution in [3.05, 3.63) is 35.9 Å². The van der Waals surface area contributed by atoms with Crippen molar-refractivity contribution in [3.8, 4) is 0 Å². The largest absolute Gasteiger partial charge is 0.481 e. The number of hydrogen-bond donors (Lipinski definition) is 1. The molecule has 0 aromatic heterocycles. The van der Waals surface area contributed by atoms with Crippen LogP contribution in [0.3, 0.4) is 0 Å². The molecule has 0 unspecified atom stereocenters. The van der Waals surface area contributed by atoms with Crippen molar-refractivity contribution in [2.24, 2.45) is 0 Å². The van der Waals surface area contributed by atoms with Crippen LogP contribution < -0.4 is 0 Å². The lowest BCUT2D eigenvalue weighted by atomic mass is 9.91. The highest BCUT2D eigenvalue weighted by Gasteiger charge is 2.30. The van der Waals surface area contributed by atoms with Crippen LogP contribution in [0.2, 0.25) is 0 Å². The second-order valence-corrected chi connectivity index (χ2v) is 3.81. The van der Waals surface area contributed by atoms with E-state index in [0.717, 1.165) is 6.42 Å². The summed E-state index contributed by atoms with van der Waals surface area (Å²) in [4.78, 5) is 10.7. The number of rotatable bonds is 3. The van der Waals surface area contributed by atoms with Gasteiger partial charge in [-0.1, -0.05) is 30.3 Å². The normalized spacial score (nSPS) is 25.3. The molecule has 2 atom stereocenters. The molecule has 1 aromatic carbocycles. The molecule has 2 rings (SSSR count). The highest BCUT2D eigenvalue weighted by Crippen LogP contribution is 2.32. The van der Waals surface area contributed by atoms with Gasteiger partial charge < -0.3 is 9.84 Å². The van der Waals surface area contributed by atoms with E-state index in [1.807, 2.05) is 30.3 Å². The maximum absolute atomic E-state index is 10.7.